The number of pyridine rings is 1. The normalized spacial score (nSPS) is 17.9. The van der Waals surface area contributed by atoms with Crippen LogP contribution in [0.15, 0.2) is 11.0 Å². The molecule has 0 unspecified atom stereocenters. The number of rotatable bonds is 0. The first-order chi connectivity index (χ1) is 8.70. The van der Waals surface area contributed by atoms with Gasteiger partial charge in [0, 0.05) is 18.8 Å². The molecule has 100 valence electrons. The van der Waals surface area contributed by atoms with Gasteiger partial charge in [-0.3, -0.25) is 4.79 Å². The zero-order valence-electron chi connectivity index (χ0n) is 11.8. The Morgan fingerprint density at radius 2 is 1.39 bits per heavy atom. The van der Waals surface area contributed by atoms with Gasteiger partial charge in [0.25, 0.3) is 5.56 Å². The van der Waals surface area contributed by atoms with Crippen LogP contribution < -0.4 is 5.56 Å². The lowest BCUT2D eigenvalue weighted by Gasteiger charge is -2.13. The summed E-state index contributed by atoms with van der Waals surface area (Å²) in [5.41, 5.74) is 3.97. The molecule has 0 saturated carbocycles. The van der Waals surface area contributed by atoms with Crippen molar-refractivity contribution in [3.05, 3.63) is 33.2 Å². The average Bonchev–Trinajstić information content (AvgIpc) is 2.40. The van der Waals surface area contributed by atoms with E-state index in [0.717, 1.165) is 18.4 Å². The van der Waals surface area contributed by atoms with Crippen molar-refractivity contribution < 1.29 is 0 Å². The van der Waals surface area contributed by atoms with Crippen LogP contribution in [0.1, 0.15) is 61.6 Å². The average molecular weight is 247 g/mol. The molecule has 1 aromatic rings. The summed E-state index contributed by atoms with van der Waals surface area (Å²) in [6.07, 6.45) is 13.1. The molecule has 2 rings (SSSR count). The molecule has 0 radical (unpaired) electrons. The zero-order valence-corrected chi connectivity index (χ0v) is 11.8. The Hall–Kier alpha value is -1.05. The van der Waals surface area contributed by atoms with Gasteiger partial charge in [0.15, 0.2) is 0 Å². The van der Waals surface area contributed by atoms with E-state index in [-0.39, 0.29) is 5.56 Å². The number of aromatic nitrogens is 1. The van der Waals surface area contributed by atoms with Gasteiger partial charge >= 0.3 is 0 Å². The molecular weight excluding hydrogens is 222 g/mol. The molecule has 0 fully saturated rings. The van der Waals surface area contributed by atoms with Crippen LogP contribution in [0.2, 0.25) is 0 Å². The molecule has 1 aromatic heterocycles. The molecule has 0 aliphatic heterocycles. The first-order valence-corrected chi connectivity index (χ1v) is 7.38. The van der Waals surface area contributed by atoms with Crippen molar-refractivity contribution in [1.29, 1.82) is 0 Å². The third-order valence-corrected chi connectivity index (χ3v) is 4.16. The Bertz CT molecular complexity index is 459. The molecule has 0 saturated heterocycles. The second-order valence-electron chi connectivity index (χ2n) is 5.66. The van der Waals surface area contributed by atoms with Crippen LogP contribution >= 0.6 is 0 Å². The maximum absolute atomic E-state index is 12.3. The predicted octanol–water partition coefficient (Wildman–Crippen LogP) is 3.52. The fourth-order valence-electron chi connectivity index (χ4n) is 3.10. The number of hydrogen-bond acceptors (Lipinski definition) is 1. The quantitative estimate of drug-likeness (QED) is 0.687. The van der Waals surface area contributed by atoms with Crippen LogP contribution in [0, 0.1) is 6.92 Å². The molecule has 2 heteroatoms. The molecule has 1 heterocycles. The van der Waals surface area contributed by atoms with E-state index in [1.54, 1.807) is 4.57 Å². The topological polar surface area (TPSA) is 22.0 Å². The van der Waals surface area contributed by atoms with Crippen LogP contribution in [0.5, 0.6) is 0 Å². The fourth-order valence-corrected chi connectivity index (χ4v) is 3.10. The van der Waals surface area contributed by atoms with Gasteiger partial charge in [-0.15, -0.1) is 0 Å². The minimum atomic E-state index is 0.231. The summed E-state index contributed by atoms with van der Waals surface area (Å²) in [6, 6.07) is 0. The predicted molar refractivity (Wildman–Crippen MR) is 76.1 cm³/mol. The highest BCUT2D eigenvalue weighted by Crippen LogP contribution is 2.19. The van der Waals surface area contributed by atoms with Crippen molar-refractivity contribution in [2.45, 2.75) is 64.7 Å². The lowest BCUT2D eigenvalue weighted by atomic mass is 9.96. The van der Waals surface area contributed by atoms with Crippen LogP contribution in [0.3, 0.4) is 0 Å². The summed E-state index contributed by atoms with van der Waals surface area (Å²) in [5.74, 6) is 0. The van der Waals surface area contributed by atoms with E-state index < -0.39 is 0 Å². The SMILES string of the molecule is Cc1cn(C)c(=O)c2c1CCCCCCCCC2. The first-order valence-electron chi connectivity index (χ1n) is 7.38. The highest BCUT2D eigenvalue weighted by atomic mass is 16.1. The smallest absolute Gasteiger partial charge is 0.253 e. The van der Waals surface area contributed by atoms with Gasteiger partial charge in [0.05, 0.1) is 0 Å². The van der Waals surface area contributed by atoms with Crippen LogP contribution in [-0.2, 0) is 19.9 Å². The largest absolute Gasteiger partial charge is 0.318 e. The highest BCUT2D eigenvalue weighted by Gasteiger charge is 2.12. The van der Waals surface area contributed by atoms with Gasteiger partial charge in [-0.25, -0.2) is 0 Å². The van der Waals surface area contributed by atoms with E-state index in [1.165, 1.54) is 56.1 Å². The van der Waals surface area contributed by atoms with E-state index in [1.807, 2.05) is 13.2 Å². The Morgan fingerprint density at radius 1 is 0.889 bits per heavy atom. The van der Waals surface area contributed by atoms with Crippen molar-refractivity contribution in [2.24, 2.45) is 7.05 Å². The second-order valence-corrected chi connectivity index (χ2v) is 5.66. The summed E-state index contributed by atoms with van der Waals surface area (Å²) in [5, 5.41) is 0. The Balaban J connectivity index is 2.34. The molecule has 2 nitrogen and oxygen atoms in total. The van der Waals surface area contributed by atoms with E-state index in [0.29, 0.717) is 0 Å². The van der Waals surface area contributed by atoms with Crippen molar-refractivity contribution in [3.63, 3.8) is 0 Å². The molecule has 0 amide bonds. The lowest BCUT2D eigenvalue weighted by Crippen LogP contribution is -2.24. The zero-order chi connectivity index (χ0) is 13.0. The maximum atomic E-state index is 12.3. The van der Waals surface area contributed by atoms with Crippen LogP contribution in [0.25, 0.3) is 0 Å². The molecular formula is C16H25NO. The summed E-state index contributed by atoms with van der Waals surface area (Å²) in [6.45, 7) is 2.15. The number of nitrogens with zero attached hydrogens (tertiary/aromatic N) is 1. The summed E-state index contributed by atoms with van der Waals surface area (Å²) in [7, 11) is 1.88. The van der Waals surface area contributed by atoms with Gasteiger partial charge in [-0.05, 0) is 43.7 Å². The molecule has 18 heavy (non-hydrogen) atoms. The fraction of sp³-hybridized carbons (Fsp3) is 0.688. The van der Waals surface area contributed by atoms with Gasteiger partial charge in [-0.2, -0.15) is 0 Å². The van der Waals surface area contributed by atoms with Crippen LogP contribution in [-0.4, -0.2) is 4.57 Å². The van der Waals surface area contributed by atoms with Gasteiger partial charge < -0.3 is 4.57 Å². The standard InChI is InChI=1S/C16H25NO/c1-13-12-17(2)16(18)15-11-9-7-5-3-4-6-8-10-14(13)15/h12H,3-11H2,1-2H3. The minimum Gasteiger partial charge on any atom is -0.318 e. The molecule has 0 N–H and O–H groups in total. The van der Waals surface area contributed by atoms with Crippen molar-refractivity contribution >= 4 is 0 Å². The van der Waals surface area contributed by atoms with E-state index in [2.05, 4.69) is 6.92 Å². The lowest BCUT2D eigenvalue weighted by molar-refractivity contribution is 0.587. The summed E-state index contributed by atoms with van der Waals surface area (Å²) in [4.78, 5) is 12.3. The maximum Gasteiger partial charge on any atom is 0.253 e. The third kappa shape index (κ3) is 3.04. The molecule has 0 aromatic carbocycles. The van der Waals surface area contributed by atoms with Gasteiger partial charge in [0.2, 0.25) is 0 Å². The van der Waals surface area contributed by atoms with E-state index in [9.17, 15) is 4.79 Å². The molecule has 1 aliphatic carbocycles. The summed E-state index contributed by atoms with van der Waals surface area (Å²) >= 11 is 0. The van der Waals surface area contributed by atoms with Gasteiger partial charge in [0.1, 0.15) is 0 Å². The third-order valence-electron chi connectivity index (χ3n) is 4.16. The number of aryl methyl sites for hydroxylation is 2. The van der Waals surface area contributed by atoms with Crippen molar-refractivity contribution in [2.75, 3.05) is 0 Å². The Kier molecular flexibility index (Phi) is 4.62. The van der Waals surface area contributed by atoms with Crippen molar-refractivity contribution in [3.8, 4) is 0 Å². The minimum absolute atomic E-state index is 0.231. The highest BCUT2D eigenvalue weighted by molar-refractivity contribution is 5.32. The number of hydrogen-bond donors (Lipinski definition) is 0. The van der Waals surface area contributed by atoms with E-state index in [4.69, 9.17) is 0 Å². The number of fused-ring (bicyclic) bond motifs is 1. The molecule has 0 spiro atoms. The molecule has 0 atom stereocenters. The summed E-state index contributed by atoms with van der Waals surface area (Å²) < 4.78 is 1.76. The van der Waals surface area contributed by atoms with Crippen LogP contribution in [0.4, 0.5) is 0 Å². The first kappa shape index (κ1) is 13.4. The molecule has 1 aliphatic rings. The van der Waals surface area contributed by atoms with Gasteiger partial charge in [-0.1, -0.05) is 32.1 Å². The monoisotopic (exact) mass is 247 g/mol. The Labute approximate surface area is 110 Å². The second kappa shape index (κ2) is 6.21. The Morgan fingerprint density at radius 3 is 2.00 bits per heavy atom. The van der Waals surface area contributed by atoms with Crippen molar-refractivity contribution in [1.82, 2.24) is 4.57 Å². The van der Waals surface area contributed by atoms with E-state index >= 15 is 0 Å². The molecule has 0 bridgehead atoms.